The van der Waals surface area contributed by atoms with E-state index in [0.29, 0.717) is 32.8 Å². The highest BCUT2D eigenvalue weighted by Crippen LogP contribution is 2.20. The van der Waals surface area contributed by atoms with Gasteiger partial charge in [-0.25, -0.2) is 0 Å². The molecule has 0 atom stereocenters. The molecule has 10 heteroatoms. The third kappa shape index (κ3) is 13.0. The highest BCUT2D eigenvalue weighted by atomic mass is 16.5. The number of ether oxygens (including phenoxy) is 3. The molecule has 0 spiro atoms. The number of ketones is 1. The smallest absolute Gasteiger partial charge is 0.289 e. The summed E-state index contributed by atoms with van der Waals surface area (Å²) in [5, 5.41) is 5.09. The first kappa shape index (κ1) is 30.2. The highest BCUT2D eigenvalue weighted by molar-refractivity contribution is 6.42. The maximum atomic E-state index is 12.3. The Morgan fingerprint density at radius 2 is 1.55 bits per heavy atom. The van der Waals surface area contributed by atoms with Gasteiger partial charge in [0, 0.05) is 18.7 Å². The summed E-state index contributed by atoms with van der Waals surface area (Å²) in [4.78, 5) is 45.0. The number of carbonyl (C=O) groups is 4. The van der Waals surface area contributed by atoms with Crippen molar-refractivity contribution in [3.8, 4) is 5.75 Å². The second-order valence-corrected chi connectivity index (χ2v) is 5.16. The maximum absolute atomic E-state index is 12.3. The van der Waals surface area contributed by atoms with Gasteiger partial charge >= 0.3 is 0 Å². The lowest BCUT2D eigenvalue weighted by Crippen LogP contribution is -2.29. The van der Waals surface area contributed by atoms with Crippen molar-refractivity contribution in [3.63, 3.8) is 0 Å². The molecule has 1 aromatic rings. The molecule has 0 aromatic heterocycles. The Morgan fingerprint density at radius 3 is 2.06 bits per heavy atom. The van der Waals surface area contributed by atoms with Gasteiger partial charge in [0.25, 0.3) is 11.8 Å². The standard InChI is InChI=1S/C17H23N3O7.2C2H6/c1-25-14-3-2-12(15(22)16(18)23)10-13(14)17(24)20-5-7-27-9-8-26-6-4-19-11-21;2*1-2/h2-3,10-11H,4-9H2,1H3,(H2,18,23)(H,19,21)(H,20,24);2*1-2H3. The molecule has 176 valence electrons. The average Bonchev–Trinajstić information content (AvgIpc) is 2.81. The summed E-state index contributed by atoms with van der Waals surface area (Å²) < 4.78 is 15.6. The van der Waals surface area contributed by atoms with Crippen LogP contribution in [0.5, 0.6) is 5.75 Å². The van der Waals surface area contributed by atoms with E-state index < -0.39 is 17.6 Å². The van der Waals surface area contributed by atoms with Crippen molar-refractivity contribution < 1.29 is 33.4 Å². The van der Waals surface area contributed by atoms with Crippen molar-refractivity contribution in [2.75, 3.05) is 46.6 Å². The van der Waals surface area contributed by atoms with E-state index >= 15 is 0 Å². The Kier molecular flexibility index (Phi) is 19.8. The number of carbonyl (C=O) groups excluding carboxylic acids is 4. The zero-order chi connectivity index (χ0) is 24.1. The molecule has 0 heterocycles. The number of primary amides is 1. The summed E-state index contributed by atoms with van der Waals surface area (Å²) in [5.41, 5.74) is 5.08. The fourth-order valence-corrected chi connectivity index (χ4v) is 2.01. The first-order valence-corrected chi connectivity index (χ1v) is 10.1. The van der Waals surface area contributed by atoms with Crippen molar-refractivity contribution in [1.82, 2.24) is 10.6 Å². The van der Waals surface area contributed by atoms with Crippen molar-refractivity contribution >= 4 is 24.0 Å². The van der Waals surface area contributed by atoms with Crippen LogP contribution in [0.2, 0.25) is 0 Å². The lowest BCUT2D eigenvalue weighted by atomic mass is 10.1. The van der Waals surface area contributed by atoms with Crippen LogP contribution in [0.3, 0.4) is 0 Å². The average molecular weight is 442 g/mol. The minimum atomic E-state index is -1.11. The largest absolute Gasteiger partial charge is 0.496 e. The van der Waals surface area contributed by atoms with E-state index in [1.165, 1.54) is 25.3 Å². The second-order valence-electron chi connectivity index (χ2n) is 5.16. The topological polar surface area (TPSA) is 146 Å². The van der Waals surface area contributed by atoms with Gasteiger partial charge in [-0.1, -0.05) is 27.7 Å². The summed E-state index contributed by atoms with van der Waals surface area (Å²) in [6.07, 6.45) is 0.594. The number of nitrogens with one attached hydrogen (secondary N) is 2. The first-order chi connectivity index (χ1) is 15.0. The molecular weight excluding hydrogens is 406 g/mol. The highest BCUT2D eigenvalue weighted by Gasteiger charge is 2.18. The molecule has 4 N–H and O–H groups in total. The molecule has 31 heavy (non-hydrogen) atoms. The van der Waals surface area contributed by atoms with Gasteiger partial charge in [-0.15, -0.1) is 0 Å². The normalized spacial score (nSPS) is 9.19. The minimum Gasteiger partial charge on any atom is -0.496 e. The summed E-state index contributed by atoms with van der Waals surface area (Å²) in [7, 11) is 1.38. The first-order valence-electron chi connectivity index (χ1n) is 10.1. The van der Waals surface area contributed by atoms with Crippen LogP contribution < -0.4 is 21.1 Å². The summed E-state index contributed by atoms with van der Waals surface area (Å²) in [6.45, 7) is 9.99. The molecule has 0 fully saturated rings. The molecule has 1 aromatic carbocycles. The SMILES string of the molecule is CC.CC.COc1ccc(C(=O)C(N)=O)cc1C(=O)NCCOCCOCCNC=O. The molecule has 0 bridgehead atoms. The number of amides is 3. The van der Waals surface area contributed by atoms with Gasteiger partial charge in [-0.3, -0.25) is 19.2 Å². The molecule has 0 saturated carbocycles. The van der Waals surface area contributed by atoms with Crippen LogP contribution in [-0.4, -0.2) is 70.6 Å². The van der Waals surface area contributed by atoms with E-state index in [1.807, 2.05) is 27.7 Å². The zero-order valence-corrected chi connectivity index (χ0v) is 19.0. The van der Waals surface area contributed by atoms with Gasteiger partial charge < -0.3 is 30.6 Å². The fraction of sp³-hybridized carbons (Fsp3) is 0.524. The Bertz CT molecular complexity index is 666. The van der Waals surface area contributed by atoms with E-state index in [9.17, 15) is 19.2 Å². The van der Waals surface area contributed by atoms with E-state index in [1.54, 1.807) is 0 Å². The Hall–Kier alpha value is -2.98. The monoisotopic (exact) mass is 441 g/mol. The molecule has 0 unspecified atom stereocenters. The molecule has 1 rings (SSSR count). The van der Waals surface area contributed by atoms with Crippen molar-refractivity contribution in [2.45, 2.75) is 27.7 Å². The molecule has 0 aliphatic heterocycles. The van der Waals surface area contributed by atoms with Crippen molar-refractivity contribution in [2.24, 2.45) is 5.73 Å². The van der Waals surface area contributed by atoms with Gasteiger partial charge in [0.05, 0.1) is 39.1 Å². The summed E-state index contributed by atoms with van der Waals surface area (Å²) in [6, 6.07) is 4.03. The number of hydrogen-bond donors (Lipinski definition) is 3. The lowest BCUT2D eigenvalue weighted by molar-refractivity contribution is -0.114. The molecule has 0 radical (unpaired) electrons. The fourth-order valence-electron chi connectivity index (χ4n) is 2.01. The molecular formula is C21H35N3O7. The van der Waals surface area contributed by atoms with Crippen LogP contribution in [0, 0.1) is 0 Å². The molecule has 3 amide bonds. The van der Waals surface area contributed by atoms with Crippen LogP contribution in [0.1, 0.15) is 48.4 Å². The van der Waals surface area contributed by atoms with Crippen LogP contribution in [0.15, 0.2) is 18.2 Å². The number of nitrogens with two attached hydrogens (primary N) is 1. The minimum absolute atomic E-state index is 0.00548. The summed E-state index contributed by atoms with van der Waals surface area (Å²) >= 11 is 0. The Labute approximate surface area is 183 Å². The number of Topliss-reactive ketones (excluding diaryl/α,β-unsaturated/α-hetero) is 1. The maximum Gasteiger partial charge on any atom is 0.289 e. The Balaban J connectivity index is 0. The van der Waals surface area contributed by atoms with Gasteiger partial charge in [-0.05, 0) is 18.2 Å². The van der Waals surface area contributed by atoms with Gasteiger partial charge in [0.2, 0.25) is 12.2 Å². The van der Waals surface area contributed by atoms with Crippen LogP contribution >= 0.6 is 0 Å². The van der Waals surface area contributed by atoms with E-state index in [-0.39, 0.29) is 30.0 Å². The third-order valence-corrected chi connectivity index (χ3v) is 3.31. The number of hydrogen-bond acceptors (Lipinski definition) is 7. The van der Waals surface area contributed by atoms with Crippen LogP contribution in [0.4, 0.5) is 0 Å². The molecule has 0 saturated heterocycles. The van der Waals surface area contributed by atoms with E-state index in [4.69, 9.17) is 19.9 Å². The number of rotatable bonds is 14. The molecule has 0 aliphatic rings. The predicted octanol–water partition coefficient (Wildman–Crippen LogP) is 0.925. The van der Waals surface area contributed by atoms with Crippen LogP contribution in [-0.2, 0) is 19.1 Å². The van der Waals surface area contributed by atoms with Crippen molar-refractivity contribution in [1.29, 1.82) is 0 Å². The zero-order valence-electron chi connectivity index (χ0n) is 19.0. The van der Waals surface area contributed by atoms with Gasteiger partial charge in [0.15, 0.2) is 0 Å². The molecule has 0 aliphatic carbocycles. The third-order valence-electron chi connectivity index (χ3n) is 3.31. The van der Waals surface area contributed by atoms with Gasteiger partial charge in [-0.2, -0.15) is 0 Å². The van der Waals surface area contributed by atoms with E-state index in [0.717, 1.165) is 0 Å². The quantitative estimate of drug-likeness (QED) is 0.168. The molecule has 10 nitrogen and oxygen atoms in total. The predicted molar refractivity (Wildman–Crippen MR) is 117 cm³/mol. The van der Waals surface area contributed by atoms with E-state index in [2.05, 4.69) is 10.6 Å². The van der Waals surface area contributed by atoms with Crippen molar-refractivity contribution in [3.05, 3.63) is 29.3 Å². The van der Waals surface area contributed by atoms with Crippen LogP contribution in [0.25, 0.3) is 0 Å². The number of benzene rings is 1. The number of methoxy groups -OCH3 is 1. The summed E-state index contributed by atoms with van der Waals surface area (Å²) in [5.74, 6) is -2.22. The lowest BCUT2D eigenvalue weighted by Gasteiger charge is -2.11. The second kappa shape index (κ2) is 20.3. The Morgan fingerprint density at radius 1 is 0.968 bits per heavy atom. The van der Waals surface area contributed by atoms with Gasteiger partial charge in [0.1, 0.15) is 5.75 Å².